The molecule has 0 atom stereocenters. The molecule has 6 heteroatoms. The lowest BCUT2D eigenvalue weighted by Crippen LogP contribution is -2.16. The van der Waals surface area contributed by atoms with Crippen LogP contribution in [0.15, 0.2) is 42.6 Å². The van der Waals surface area contributed by atoms with Gasteiger partial charge in [-0.1, -0.05) is 18.2 Å². The predicted molar refractivity (Wildman–Crippen MR) is 84.9 cm³/mol. The molecule has 0 aliphatic heterocycles. The molecule has 1 aromatic carbocycles. The van der Waals surface area contributed by atoms with Crippen LogP contribution >= 0.6 is 0 Å². The first-order valence-corrected chi connectivity index (χ1v) is 7.09. The van der Waals surface area contributed by atoms with Crippen LogP contribution in [0.1, 0.15) is 21.5 Å². The fourth-order valence-electron chi connectivity index (χ4n) is 2.03. The van der Waals surface area contributed by atoms with Crippen LogP contribution in [-0.4, -0.2) is 31.2 Å². The number of carbonyl (C=O) groups is 1. The fourth-order valence-corrected chi connectivity index (χ4v) is 2.03. The molecular formula is C17H17N3O3. The SMILES string of the molecule is COCc1ccccc1C(=O)OCCNc1ncccc1C#N. The Balaban J connectivity index is 1.87. The van der Waals surface area contributed by atoms with Crippen molar-refractivity contribution in [2.45, 2.75) is 6.61 Å². The average Bonchev–Trinajstić information content (AvgIpc) is 2.59. The molecule has 0 unspecified atom stereocenters. The van der Waals surface area contributed by atoms with E-state index in [9.17, 15) is 4.79 Å². The van der Waals surface area contributed by atoms with Gasteiger partial charge in [-0.25, -0.2) is 9.78 Å². The van der Waals surface area contributed by atoms with Crippen LogP contribution in [0, 0.1) is 11.3 Å². The lowest BCUT2D eigenvalue weighted by molar-refractivity contribution is 0.0516. The van der Waals surface area contributed by atoms with Crippen molar-refractivity contribution in [3.63, 3.8) is 0 Å². The second-order valence-corrected chi connectivity index (χ2v) is 4.66. The third-order valence-corrected chi connectivity index (χ3v) is 3.09. The van der Waals surface area contributed by atoms with Crippen LogP contribution in [0.3, 0.4) is 0 Å². The third kappa shape index (κ3) is 4.53. The van der Waals surface area contributed by atoms with E-state index in [0.29, 0.717) is 30.1 Å². The summed E-state index contributed by atoms with van der Waals surface area (Å²) in [7, 11) is 1.58. The van der Waals surface area contributed by atoms with E-state index in [1.165, 1.54) is 0 Å². The van der Waals surface area contributed by atoms with Crippen molar-refractivity contribution in [2.75, 3.05) is 25.6 Å². The quantitative estimate of drug-likeness (QED) is 0.624. The van der Waals surface area contributed by atoms with Crippen molar-refractivity contribution in [2.24, 2.45) is 0 Å². The van der Waals surface area contributed by atoms with Crippen LogP contribution in [0.25, 0.3) is 0 Å². The summed E-state index contributed by atoms with van der Waals surface area (Å²) >= 11 is 0. The number of benzene rings is 1. The molecule has 6 nitrogen and oxygen atoms in total. The van der Waals surface area contributed by atoms with Gasteiger partial charge in [-0.15, -0.1) is 0 Å². The van der Waals surface area contributed by atoms with Gasteiger partial charge in [0.05, 0.1) is 24.3 Å². The number of carbonyl (C=O) groups excluding carboxylic acids is 1. The van der Waals surface area contributed by atoms with Gasteiger partial charge in [0.1, 0.15) is 18.5 Å². The largest absolute Gasteiger partial charge is 0.460 e. The zero-order valence-corrected chi connectivity index (χ0v) is 12.8. The molecule has 1 heterocycles. The van der Waals surface area contributed by atoms with Crippen molar-refractivity contribution >= 4 is 11.8 Å². The molecule has 0 spiro atoms. The van der Waals surface area contributed by atoms with E-state index >= 15 is 0 Å². The number of anilines is 1. The number of esters is 1. The van der Waals surface area contributed by atoms with Gasteiger partial charge in [0, 0.05) is 13.3 Å². The van der Waals surface area contributed by atoms with Gasteiger partial charge in [0.25, 0.3) is 0 Å². The highest BCUT2D eigenvalue weighted by Gasteiger charge is 2.12. The molecule has 1 N–H and O–H groups in total. The van der Waals surface area contributed by atoms with Crippen LogP contribution in [0.5, 0.6) is 0 Å². The average molecular weight is 311 g/mol. The second kappa shape index (κ2) is 8.51. The molecule has 0 aliphatic carbocycles. The molecular weight excluding hydrogens is 294 g/mol. The lowest BCUT2D eigenvalue weighted by Gasteiger charge is -2.10. The molecule has 0 fully saturated rings. The predicted octanol–water partition coefficient (Wildman–Crippen LogP) is 2.37. The number of ether oxygens (including phenoxy) is 2. The van der Waals surface area contributed by atoms with Gasteiger partial charge in [-0.2, -0.15) is 5.26 Å². The Hall–Kier alpha value is -2.91. The highest BCUT2D eigenvalue weighted by molar-refractivity contribution is 5.91. The van der Waals surface area contributed by atoms with Crippen LogP contribution in [-0.2, 0) is 16.1 Å². The monoisotopic (exact) mass is 311 g/mol. The fraction of sp³-hybridized carbons (Fsp3) is 0.235. The van der Waals surface area contributed by atoms with Crippen LogP contribution < -0.4 is 5.32 Å². The summed E-state index contributed by atoms with van der Waals surface area (Å²) in [6.45, 7) is 0.883. The first kappa shape index (κ1) is 16.5. The molecule has 0 saturated heterocycles. The maximum absolute atomic E-state index is 12.1. The van der Waals surface area contributed by atoms with Gasteiger partial charge in [-0.05, 0) is 23.8 Å². The summed E-state index contributed by atoms with van der Waals surface area (Å²) in [5.74, 6) is 0.0757. The Morgan fingerprint density at radius 1 is 1.30 bits per heavy atom. The number of rotatable bonds is 7. The molecule has 23 heavy (non-hydrogen) atoms. The van der Waals surface area contributed by atoms with Gasteiger partial charge in [0.15, 0.2) is 0 Å². The van der Waals surface area contributed by atoms with Gasteiger partial charge in [-0.3, -0.25) is 0 Å². The molecule has 0 saturated carbocycles. The number of hydrogen-bond acceptors (Lipinski definition) is 6. The summed E-state index contributed by atoms with van der Waals surface area (Å²) < 4.78 is 10.3. The normalized spacial score (nSPS) is 9.91. The molecule has 0 bridgehead atoms. The zero-order valence-electron chi connectivity index (χ0n) is 12.8. The van der Waals surface area contributed by atoms with Gasteiger partial charge < -0.3 is 14.8 Å². The molecule has 0 amide bonds. The Kier molecular flexibility index (Phi) is 6.09. The second-order valence-electron chi connectivity index (χ2n) is 4.66. The summed E-state index contributed by atoms with van der Waals surface area (Å²) in [6.07, 6.45) is 1.59. The van der Waals surface area contributed by atoms with E-state index in [1.54, 1.807) is 37.6 Å². The molecule has 2 aromatic rings. The first-order valence-electron chi connectivity index (χ1n) is 7.09. The number of aromatic nitrogens is 1. The minimum absolute atomic E-state index is 0.168. The van der Waals surface area contributed by atoms with E-state index in [0.717, 1.165) is 5.56 Å². The molecule has 0 aliphatic rings. The van der Waals surface area contributed by atoms with Crippen LogP contribution in [0.2, 0.25) is 0 Å². The van der Waals surface area contributed by atoms with E-state index in [1.807, 2.05) is 18.2 Å². The van der Waals surface area contributed by atoms with Crippen molar-refractivity contribution in [1.29, 1.82) is 5.26 Å². The topological polar surface area (TPSA) is 84.2 Å². The Morgan fingerprint density at radius 2 is 2.13 bits per heavy atom. The number of nitrogens with zero attached hydrogens (tertiary/aromatic N) is 2. The van der Waals surface area contributed by atoms with E-state index in [-0.39, 0.29) is 6.61 Å². The highest BCUT2D eigenvalue weighted by Crippen LogP contribution is 2.12. The molecule has 1 aromatic heterocycles. The Bertz CT molecular complexity index is 710. The number of pyridine rings is 1. The Morgan fingerprint density at radius 3 is 2.91 bits per heavy atom. The maximum atomic E-state index is 12.1. The van der Waals surface area contributed by atoms with Crippen molar-refractivity contribution in [3.05, 3.63) is 59.3 Å². The highest BCUT2D eigenvalue weighted by atomic mass is 16.5. The zero-order chi connectivity index (χ0) is 16.5. The van der Waals surface area contributed by atoms with Crippen molar-refractivity contribution < 1.29 is 14.3 Å². The molecule has 2 rings (SSSR count). The maximum Gasteiger partial charge on any atom is 0.338 e. The minimum atomic E-state index is -0.402. The number of methoxy groups -OCH3 is 1. The summed E-state index contributed by atoms with van der Waals surface area (Å²) in [4.78, 5) is 16.2. The van der Waals surface area contributed by atoms with Crippen molar-refractivity contribution in [1.82, 2.24) is 4.98 Å². The van der Waals surface area contributed by atoms with E-state index in [2.05, 4.69) is 10.3 Å². The summed E-state index contributed by atoms with van der Waals surface area (Å²) in [6, 6.07) is 12.6. The summed E-state index contributed by atoms with van der Waals surface area (Å²) in [5, 5.41) is 11.9. The van der Waals surface area contributed by atoms with Gasteiger partial charge in [0.2, 0.25) is 0 Å². The Labute approximate surface area is 134 Å². The van der Waals surface area contributed by atoms with Gasteiger partial charge >= 0.3 is 5.97 Å². The smallest absolute Gasteiger partial charge is 0.338 e. The molecule has 118 valence electrons. The summed E-state index contributed by atoms with van der Waals surface area (Å²) in [5.41, 5.74) is 1.72. The first-order chi connectivity index (χ1) is 11.3. The standard InChI is InChI=1S/C17H17N3O3/c1-22-12-14-5-2-3-7-15(14)17(21)23-10-9-20-16-13(11-18)6-4-8-19-16/h2-8H,9-10,12H2,1H3,(H,19,20). The van der Waals surface area contributed by atoms with E-state index in [4.69, 9.17) is 14.7 Å². The number of hydrogen-bond donors (Lipinski definition) is 1. The van der Waals surface area contributed by atoms with Crippen LogP contribution in [0.4, 0.5) is 5.82 Å². The van der Waals surface area contributed by atoms with Crippen molar-refractivity contribution in [3.8, 4) is 6.07 Å². The number of nitriles is 1. The molecule has 0 radical (unpaired) electrons. The van der Waals surface area contributed by atoms with E-state index < -0.39 is 5.97 Å². The lowest BCUT2D eigenvalue weighted by atomic mass is 10.1. The number of nitrogens with one attached hydrogen (secondary N) is 1. The third-order valence-electron chi connectivity index (χ3n) is 3.09. The minimum Gasteiger partial charge on any atom is -0.460 e.